The number of thiocarbonyl (C=S) groups is 1. The van der Waals surface area contributed by atoms with Crippen LogP contribution in [0.15, 0.2) is 65.1 Å². The standard InChI is InChI=1S/C18H12FN3O4S/c19-11-4-3-5-12(10-11)20-18(27)21-17(23)16-9-8-15(26-16)13-6-1-2-7-14(13)22(24)25/h1-10H,(H2,20,21,23,27). The van der Waals surface area contributed by atoms with Crippen LogP contribution in [0.4, 0.5) is 15.8 Å². The highest BCUT2D eigenvalue weighted by molar-refractivity contribution is 7.80. The van der Waals surface area contributed by atoms with Crippen molar-refractivity contribution in [3.05, 3.63) is 82.4 Å². The Labute approximate surface area is 158 Å². The maximum Gasteiger partial charge on any atom is 0.293 e. The number of nitro benzene ring substituents is 1. The number of carbonyl (C=O) groups excluding carboxylic acids is 1. The Morgan fingerprint density at radius 2 is 1.89 bits per heavy atom. The number of hydrogen-bond acceptors (Lipinski definition) is 5. The molecule has 1 heterocycles. The fourth-order valence-corrected chi connectivity index (χ4v) is 2.55. The third kappa shape index (κ3) is 4.33. The Morgan fingerprint density at radius 1 is 1.11 bits per heavy atom. The van der Waals surface area contributed by atoms with Crippen LogP contribution in [0.3, 0.4) is 0 Å². The number of rotatable bonds is 4. The van der Waals surface area contributed by atoms with Gasteiger partial charge in [0.05, 0.1) is 10.5 Å². The lowest BCUT2D eigenvalue weighted by Crippen LogP contribution is -2.33. The van der Waals surface area contributed by atoms with Gasteiger partial charge in [-0.2, -0.15) is 0 Å². The van der Waals surface area contributed by atoms with Crippen molar-refractivity contribution < 1.29 is 18.5 Å². The molecule has 0 saturated heterocycles. The number of carbonyl (C=O) groups is 1. The van der Waals surface area contributed by atoms with E-state index in [4.69, 9.17) is 16.6 Å². The van der Waals surface area contributed by atoms with Crippen LogP contribution in [0.1, 0.15) is 10.6 Å². The zero-order valence-electron chi connectivity index (χ0n) is 13.6. The third-order valence-electron chi connectivity index (χ3n) is 3.51. The van der Waals surface area contributed by atoms with E-state index in [9.17, 15) is 19.3 Å². The highest BCUT2D eigenvalue weighted by atomic mass is 32.1. The lowest BCUT2D eigenvalue weighted by Gasteiger charge is -2.08. The monoisotopic (exact) mass is 385 g/mol. The van der Waals surface area contributed by atoms with Gasteiger partial charge in [-0.05, 0) is 48.6 Å². The molecule has 9 heteroatoms. The number of amides is 1. The molecule has 0 aliphatic carbocycles. The average Bonchev–Trinajstić information content (AvgIpc) is 3.11. The van der Waals surface area contributed by atoms with Crippen LogP contribution in [-0.4, -0.2) is 15.9 Å². The summed E-state index contributed by atoms with van der Waals surface area (Å²) in [5, 5.41) is 16.1. The van der Waals surface area contributed by atoms with Gasteiger partial charge in [-0.1, -0.05) is 18.2 Å². The number of furan rings is 1. The Hall–Kier alpha value is -3.59. The molecule has 27 heavy (non-hydrogen) atoms. The SMILES string of the molecule is O=C(NC(=S)Nc1cccc(F)c1)c1ccc(-c2ccccc2[N+](=O)[O-])o1. The first-order valence-corrected chi connectivity index (χ1v) is 8.06. The normalized spacial score (nSPS) is 10.3. The molecule has 136 valence electrons. The van der Waals surface area contributed by atoms with Crippen LogP contribution in [-0.2, 0) is 0 Å². The fourth-order valence-electron chi connectivity index (χ4n) is 2.34. The number of nitro groups is 1. The number of nitrogens with one attached hydrogen (secondary N) is 2. The van der Waals surface area contributed by atoms with E-state index in [0.29, 0.717) is 5.69 Å². The van der Waals surface area contributed by atoms with Crippen molar-refractivity contribution >= 4 is 34.6 Å². The van der Waals surface area contributed by atoms with Crippen molar-refractivity contribution in [2.24, 2.45) is 0 Å². The van der Waals surface area contributed by atoms with Crippen LogP contribution in [0.2, 0.25) is 0 Å². The first-order chi connectivity index (χ1) is 12.9. The molecule has 0 saturated carbocycles. The van der Waals surface area contributed by atoms with Gasteiger partial charge in [-0.25, -0.2) is 4.39 Å². The van der Waals surface area contributed by atoms with Gasteiger partial charge in [0.15, 0.2) is 10.9 Å². The molecule has 0 atom stereocenters. The van der Waals surface area contributed by atoms with Crippen LogP contribution >= 0.6 is 12.2 Å². The van der Waals surface area contributed by atoms with Gasteiger partial charge in [0.2, 0.25) is 0 Å². The largest absolute Gasteiger partial charge is 0.451 e. The van der Waals surface area contributed by atoms with Gasteiger partial charge in [0.25, 0.3) is 11.6 Å². The third-order valence-corrected chi connectivity index (χ3v) is 3.71. The molecule has 0 fully saturated rings. The second kappa shape index (κ2) is 7.75. The molecule has 0 spiro atoms. The van der Waals surface area contributed by atoms with E-state index in [0.717, 1.165) is 0 Å². The molecule has 2 aromatic carbocycles. The maximum atomic E-state index is 13.2. The molecular weight excluding hydrogens is 373 g/mol. The van der Waals surface area contributed by atoms with E-state index in [1.807, 2.05) is 0 Å². The minimum absolute atomic E-state index is 0.0470. The van der Waals surface area contributed by atoms with Crippen molar-refractivity contribution in [1.82, 2.24) is 5.32 Å². The molecule has 0 bridgehead atoms. The van der Waals surface area contributed by atoms with Crippen molar-refractivity contribution in [3.63, 3.8) is 0 Å². The summed E-state index contributed by atoms with van der Waals surface area (Å²) in [6, 6.07) is 14.4. The molecule has 1 aromatic heterocycles. The van der Waals surface area contributed by atoms with E-state index in [1.165, 1.54) is 48.5 Å². The Morgan fingerprint density at radius 3 is 2.63 bits per heavy atom. The fraction of sp³-hybridized carbons (Fsp3) is 0. The van der Waals surface area contributed by atoms with Gasteiger partial charge in [-0.15, -0.1) is 0 Å². The average molecular weight is 385 g/mol. The Kier molecular flexibility index (Phi) is 5.23. The van der Waals surface area contributed by atoms with Gasteiger partial charge < -0.3 is 9.73 Å². The van der Waals surface area contributed by atoms with E-state index < -0.39 is 16.6 Å². The van der Waals surface area contributed by atoms with Crippen LogP contribution in [0, 0.1) is 15.9 Å². The highest BCUT2D eigenvalue weighted by Gasteiger charge is 2.19. The lowest BCUT2D eigenvalue weighted by molar-refractivity contribution is -0.384. The highest BCUT2D eigenvalue weighted by Crippen LogP contribution is 2.30. The number of benzene rings is 2. The van der Waals surface area contributed by atoms with E-state index in [1.54, 1.807) is 12.1 Å². The Balaban J connectivity index is 1.72. The van der Waals surface area contributed by atoms with Gasteiger partial charge in [-0.3, -0.25) is 20.2 Å². The predicted molar refractivity (Wildman–Crippen MR) is 101 cm³/mol. The quantitative estimate of drug-likeness (QED) is 0.398. The van der Waals surface area contributed by atoms with Gasteiger partial charge >= 0.3 is 0 Å². The molecule has 3 rings (SSSR count). The summed E-state index contributed by atoms with van der Waals surface area (Å²) in [6.07, 6.45) is 0. The van der Waals surface area contributed by atoms with Gasteiger partial charge in [0, 0.05) is 11.8 Å². The lowest BCUT2D eigenvalue weighted by atomic mass is 10.1. The van der Waals surface area contributed by atoms with Crippen molar-refractivity contribution in [1.29, 1.82) is 0 Å². The molecule has 1 amide bonds. The van der Waals surface area contributed by atoms with Crippen LogP contribution in [0.5, 0.6) is 0 Å². The molecule has 0 aliphatic rings. The summed E-state index contributed by atoms with van der Waals surface area (Å²) in [5.41, 5.74) is 0.490. The maximum absolute atomic E-state index is 13.2. The molecule has 0 radical (unpaired) electrons. The van der Waals surface area contributed by atoms with Crippen molar-refractivity contribution in [3.8, 4) is 11.3 Å². The first-order valence-electron chi connectivity index (χ1n) is 7.65. The first kappa shape index (κ1) is 18.2. The molecule has 0 unspecified atom stereocenters. The number of hydrogen-bond donors (Lipinski definition) is 2. The summed E-state index contributed by atoms with van der Waals surface area (Å²) in [5.74, 6) is -0.994. The molecule has 0 aliphatic heterocycles. The summed E-state index contributed by atoms with van der Waals surface area (Å²) >= 11 is 5.01. The van der Waals surface area contributed by atoms with Gasteiger partial charge in [0.1, 0.15) is 11.6 Å². The second-order valence-corrected chi connectivity index (χ2v) is 5.76. The van der Waals surface area contributed by atoms with Crippen molar-refractivity contribution in [2.75, 3.05) is 5.32 Å². The van der Waals surface area contributed by atoms with E-state index in [-0.39, 0.29) is 27.9 Å². The number of nitrogens with zero attached hydrogens (tertiary/aromatic N) is 1. The minimum atomic E-state index is -0.645. The zero-order valence-corrected chi connectivity index (χ0v) is 14.5. The number of halogens is 1. The van der Waals surface area contributed by atoms with Crippen LogP contribution in [0.25, 0.3) is 11.3 Å². The van der Waals surface area contributed by atoms with E-state index >= 15 is 0 Å². The predicted octanol–water partition coefficient (Wildman–Crippen LogP) is 4.12. The summed E-state index contributed by atoms with van der Waals surface area (Å²) < 4.78 is 18.6. The second-order valence-electron chi connectivity index (χ2n) is 5.36. The molecule has 3 aromatic rings. The van der Waals surface area contributed by atoms with Crippen LogP contribution < -0.4 is 10.6 Å². The molecule has 2 N–H and O–H groups in total. The topological polar surface area (TPSA) is 97.4 Å². The summed E-state index contributed by atoms with van der Waals surface area (Å²) in [6.45, 7) is 0. The molecule has 7 nitrogen and oxygen atoms in total. The smallest absolute Gasteiger partial charge is 0.293 e. The number of para-hydroxylation sites is 1. The van der Waals surface area contributed by atoms with E-state index in [2.05, 4.69) is 10.6 Å². The van der Waals surface area contributed by atoms with Crippen molar-refractivity contribution in [2.45, 2.75) is 0 Å². The molecular formula is C18H12FN3O4S. The summed E-state index contributed by atoms with van der Waals surface area (Å²) in [7, 11) is 0. The Bertz CT molecular complexity index is 1030. The summed E-state index contributed by atoms with van der Waals surface area (Å²) in [4.78, 5) is 22.8. The number of anilines is 1. The zero-order chi connectivity index (χ0) is 19.4. The minimum Gasteiger partial charge on any atom is -0.451 e.